The fraction of sp³-hybridized carbons (Fsp3) is 0.333. The molecule has 17 heavy (non-hydrogen) atoms. The van der Waals surface area contributed by atoms with Gasteiger partial charge in [-0.1, -0.05) is 37.3 Å². The van der Waals surface area contributed by atoms with Gasteiger partial charge in [0.2, 0.25) is 0 Å². The van der Waals surface area contributed by atoms with Crippen LogP contribution >= 0.6 is 0 Å². The van der Waals surface area contributed by atoms with Gasteiger partial charge in [0, 0.05) is 12.2 Å². The highest BCUT2D eigenvalue weighted by atomic mass is 16.3. The van der Waals surface area contributed by atoms with E-state index in [0.717, 1.165) is 25.1 Å². The molecule has 0 saturated heterocycles. The molecule has 2 heteroatoms. The maximum Gasteiger partial charge on any atom is 0.0554 e. The maximum absolute atomic E-state index is 9.47. The van der Waals surface area contributed by atoms with E-state index in [4.69, 9.17) is 0 Å². The molecular formula is C15H19NO. The molecule has 0 spiro atoms. The van der Waals surface area contributed by atoms with Crippen molar-refractivity contribution in [2.24, 2.45) is 0 Å². The van der Waals surface area contributed by atoms with Crippen molar-refractivity contribution in [3.05, 3.63) is 42.5 Å². The predicted octanol–water partition coefficient (Wildman–Crippen LogP) is 3.41. The van der Waals surface area contributed by atoms with Crippen LogP contribution in [0.3, 0.4) is 0 Å². The zero-order valence-corrected chi connectivity index (χ0v) is 10.2. The van der Waals surface area contributed by atoms with Crippen molar-refractivity contribution in [3.63, 3.8) is 0 Å². The van der Waals surface area contributed by atoms with Gasteiger partial charge < -0.3 is 10.4 Å². The van der Waals surface area contributed by atoms with E-state index in [-0.39, 0.29) is 6.10 Å². The van der Waals surface area contributed by atoms with Gasteiger partial charge in [-0.25, -0.2) is 0 Å². The lowest BCUT2D eigenvalue weighted by atomic mass is 10.1. The van der Waals surface area contributed by atoms with Gasteiger partial charge in [-0.2, -0.15) is 0 Å². The standard InChI is InChI=1S/C15H19NO/c1-2-15(17)9-10-16-14-8-7-12-5-3-4-6-13(12)11-14/h3-8,11,15-17H,2,9-10H2,1H3. The van der Waals surface area contributed by atoms with Gasteiger partial charge in [0.05, 0.1) is 6.10 Å². The largest absolute Gasteiger partial charge is 0.393 e. The zero-order chi connectivity index (χ0) is 12.1. The van der Waals surface area contributed by atoms with Gasteiger partial charge in [-0.3, -0.25) is 0 Å². The lowest BCUT2D eigenvalue weighted by Gasteiger charge is -2.10. The van der Waals surface area contributed by atoms with Crippen molar-refractivity contribution in [1.29, 1.82) is 0 Å². The molecule has 0 aliphatic heterocycles. The van der Waals surface area contributed by atoms with Crippen molar-refractivity contribution in [2.45, 2.75) is 25.9 Å². The molecule has 0 fully saturated rings. The highest BCUT2D eigenvalue weighted by Gasteiger charge is 2.00. The highest BCUT2D eigenvalue weighted by Crippen LogP contribution is 2.18. The van der Waals surface area contributed by atoms with E-state index in [1.165, 1.54) is 10.8 Å². The summed E-state index contributed by atoms with van der Waals surface area (Å²) in [6.45, 7) is 2.81. The third kappa shape index (κ3) is 3.21. The molecule has 0 saturated carbocycles. The Morgan fingerprint density at radius 1 is 1.12 bits per heavy atom. The molecule has 2 rings (SSSR count). The van der Waals surface area contributed by atoms with Crippen LogP contribution in [0, 0.1) is 0 Å². The second kappa shape index (κ2) is 5.69. The fourth-order valence-corrected chi connectivity index (χ4v) is 1.89. The summed E-state index contributed by atoms with van der Waals surface area (Å²) in [6, 6.07) is 14.7. The molecule has 1 unspecified atom stereocenters. The highest BCUT2D eigenvalue weighted by molar-refractivity contribution is 5.85. The summed E-state index contributed by atoms with van der Waals surface area (Å²) in [5.74, 6) is 0. The minimum Gasteiger partial charge on any atom is -0.393 e. The van der Waals surface area contributed by atoms with Crippen LogP contribution in [0.5, 0.6) is 0 Å². The Bertz CT molecular complexity index is 481. The molecule has 90 valence electrons. The normalized spacial score (nSPS) is 12.6. The van der Waals surface area contributed by atoms with Gasteiger partial charge >= 0.3 is 0 Å². The van der Waals surface area contributed by atoms with E-state index in [1.54, 1.807) is 0 Å². The number of hydrogen-bond donors (Lipinski definition) is 2. The Balaban J connectivity index is 1.99. The van der Waals surface area contributed by atoms with Crippen LogP contribution in [-0.2, 0) is 0 Å². The second-order valence-electron chi connectivity index (χ2n) is 4.34. The monoisotopic (exact) mass is 229 g/mol. The molecule has 2 aromatic carbocycles. The summed E-state index contributed by atoms with van der Waals surface area (Å²) in [5, 5.41) is 15.3. The first-order valence-electron chi connectivity index (χ1n) is 6.20. The number of nitrogens with one attached hydrogen (secondary N) is 1. The molecule has 0 aliphatic rings. The molecule has 1 atom stereocenters. The molecule has 0 amide bonds. The Morgan fingerprint density at radius 3 is 2.65 bits per heavy atom. The smallest absolute Gasteiger partial charge is 0.0554 e. The lowest BCUT2D eigenvalue weighted by Crippen LogP contribution is -2.12. The van der Waals surface area contributed by atoms with Crippen LogP contribution in [0.25, 0.3) is 10.8 Å². The van der Waals surface area contributed by atoms with Crippen molar-refractivity contribution >= 4 is 16.5 Å². The van der Waals surface area contributed by atoms with Crippen LogP contribution in [0.15, 0.2) is 42.5 Å². The molecule has 0 radical (unpaired) electrons. The van der Waals surface area contributed by atoms with Crippen LogP contribution in [0.2, 0.25) is 0 Å². The number of hydrogen-bond acceptors (Lipinski definition) is 2. The first kappa shape index (κ1) is 11.9. The maximum atomic E-state index is 9.47. The number of anilines is 1. The number of benzene rings is 2. The summed E-state index contributed by atoms with van der Waals surface area (Å²) in [7, 11) is 0. The molecule has 0 aromatic heterocycles. The lowest BCUT2D eigenvalue weighted by molar-refractivity contribution is 0.164. The Kier molecular flexibility index (Phi) is 3.99. The van der Waals surface area contributed by atoms with Crippen LogP contribution < -0.4 is 5.32 Å². The molecule has 2 N–H and O–H groups in total. The topological polar surface area (TPSA) is 32.3 Å². The van der Waals surface area contributed by atoms with Crippen LogP contribution in [0.4, 0.5) is 5.69 Å². The van der Waals surface area contributed by atoms with Crippen molar-refractivity contribution in [1.82, 2.24) is 0 Å². The Morgan fingerprint density at radius 2 is 1.88 bits per heavy atom. The van der Waals surface area contributed by atoms with Crippen molar-refractivity contribution < 1.29 is 5.11 Å². The third-order valence-electron chi connectivity index (χ3n) is 3.03. The summed E-state index contributed by atoms with van der Waals surface area (Å²) >= 11 is 0. The Hall–Kier alpha value is -1.54. The van der Waals surface area contributed by atoms with Gasteiger partial charge in [0.1, 0.15) is 0 Å². The van der Waals surface area contributed by atoms with E-state index in [9.17, 15) is 5.11 Å². The summed E-state index contributed by atoms with van der Waals surface area (Å²) in [6.07, 6.45) is 1.42. The number of aliphatic hydroxyl groups excluding tert-OH is 1. The van der Waals surface area contributed by atoms with Crippen molar-refractivity contribution in [3.8, 4) is 0 Å². The number of fused-ring (bicyclic) bond motifs is 1. The van der Waals surface area contributed by atoms with Gasteiger partial charge in [0.25, 0.3) is 0 Å². The Labute approximate surface area is 102 Å². The second-order valence-corrected chi connectivity index (χ2v) is 4.34. The van der Waals surface area contributed by atoms with Crippen LogP contribution in [-0.4, -0.2) is 17.8 Å². The van der Waals surface area contributed by atoms with E-state index in [2.05, 4.69) is 35.6 Å². The summed E-state index contributed by atoms with van der Waals surface area (Å²) in [5.41, 5.74) is 1.12. The quantitative estimate of drug-likeness (QED) is 0.823. The fourth-order valence-electron chi connectivity index (χ4n) is 1.89. The van der Waals surface area contributed by atoms with Crippen molar-refractivity contribution in [2.75, 3.05) is 11.9 Å². The van der Waals surface area contributed by atoms with E-state index in [0.29, 0.717) is 0 Å². The predicted molar refractivity (Wildman–Crippen MR) is 73.4 cm³/mol. The molecular weight excluding hydrogens is 210 g/mol. The number of rotatable bonds is 5. The SMILES string of the molecule is CCC(O)CCNc1ccc2ccccc2c1. The molecule has 2 aromatic rings. The van der Waals surface area contributed by atoms with E-state index < -0.39 is 0 Å². The third-order valence-corrected chi connectivity index (χ3v) is 3.03. The molecule has 2 nitrogen and oxygen atoms in total. The first-order chi connectivity index (χ1) is 8.29. The van der Waals surface area contributed by atoms with Gasteiger partial charge in [0.15, 0.2) is 0 Å². The molecule has 0 aliphatic carbocycles. The minimum atomic E-state index is -0.192. The van der Waals surface area contributed by atoms with E-state index >= 15 is 0 Å². The van der Waals surface area contributed by atoms with Gasteiger partial charge in [-0.05, 0) is 35.7 Å². The zero-order valence-electron chi connectivity index (χ0n) is 10.2. The number of aliphatic hydroxyl groups is 1. The van der Waals surface area contributed by atoms with Gasteiger partial charge in [-0.15, -0.1) is 0 Å². The van der Waals surface area contributed by atoms with E-state index in [1.807, 2.05) is 19.1 Å². The first-order valence-corrected chi connectivity index (χ1v) is 6.20. The minimum absolute atomic E-state index is 0.192. The average Bonchev–Trinajstić information content (AvgIpc) is 2.38. The molecule has 0 bridgehead atoms. The summed E-state index contributed by atoms with van der Waals surface area (Å²) in [4.78, 5) is 0. The van der Waals surface area contributed by atoms with Crippen LogP contribution in [0.1, 0.15) is 19.8 Å². The molecule has 0 heterocycles. The summed E-state index contributed by atoms with van der Waals surface area (Å²) < 4.78 is 0. The average molecular weight is 229 g/mol.